The van der Waals surface area contributed by atoms with Gasteiger partial charge in [-0.2, -0.15) is 74.6 Å². The molecule has 0 saturated carbocycles. The van der Waals surface area contributed by atoms with Crippen LogP contribution >= 0.6 is 0 Å². The Labute approximate surface area is 162 Å². The molecular weight excluding hydrogens is 513 g/mol. The Kier molecular flexibility index (Phi) is 5.93. The normalized spacial score (nSPS) is 18.1. The van der Waals surface area contributed by atoms with Crippen molar-refractivity contribution in [3.8, 4) is 0 Å². The van der Waals surface area contributed by atoms with Crippen LogP contribution in [0.25, 0.3) is 0 Å². The van der Waals surface area contributed by atoms with Crippen LogP contribution in [-0.2, 0) is 9.59 Å². The number of rotatable bonds is 7. The summed E-state index contributed by atoms with van der Waals surface area (Å²) in [6.45, 7) is 0. The molecule has 0 spiro atoms. The Morgan fingerprint density at radius 1 is 0.438 bits per heavy atom. The molecule has 0 aromatic rings. The number of alkyl halides is 17. The zero-order valence-corrected chi connectivity index (χ0v) is 13.8. The summed E-state index contributed by atoms with van der Waals surface area (Å²) in [6.07, 6.45) is -8.53. The summed E-state index contributed by atoms with van der Waals surface area (Å²) in [6, 6.07) is -7.21. The fourth-order valence-electron chi connectivity index (χ4n) is 1.97. The number of amides is 2. The Hall–Kier alpha value is -2.31. The highest BCUT2D eigenvalue weighted by atomic mass is 19.4. The molecular formula is C12H2F17NO2. The van der Waals surface area contributed by atoms with Crippen LogP contribution in [0, 0.1) is 0 Å². The minimum Gasteiger partial charge on any atom is -0.269 e. The zero-order chi connectivity index (χ0) is 26.1. The lowest BCUT2D eigenvalue weighted by Gasteiger charge is -2.43. The van der Waals surface area contributed by atoms with Gasteiger partial charge in [0.1, 0.15) is 0 Å². The van der Waals surface area contributed by atoms with Crippen molar-refractivity contribution < 1.29 is 84.2 Å². The SMILES string of the molecule is O=C1C=CC(=O)N1C(F)(F)C(F)(F)C(F)(F)C(F)(F)C(F)(F)C(F)(F)C(F)(F)C(F)(F)F. The molecule has 186 valence electrons. The number of hydrogen-bond donors (Lipinski definition) is 0. The highest BCUT2D eigenvalue weighted by molar-refractivity contribution is 6.13. The molecule has 0 atom stereocenters. The summed E-state index contributed by atoms with van der Waals surface area (Å²) in [5.41, 5.74) is 0. The van der Waals surface area contributed by atoms with Crippen molar-refractivity contribution in [2.45, 2.75) is 47.8 Å². The van der Waals surface area contributed by atoms with Gasteiger partial charge in [-0.15, -0.1) is 0 Å². The molecule has 32 heavy (non-hydrogen) atoms. The molecule has 0 bridgehead atoms. The van der Waals surface area contributed by atoms with E-state index in [1.165, 1.54) is 0 Å². The second kappa shape index (κ2) is 6.84. The molecule has 3 nitrogen and oxygen atoms in total. The van der Waals surface area contributed by atoms with Crippen molar-refractivity contribution in [1.82, 2.24) is 4.90 Å². The van der Waals surface area contributed by atoms with E-state index < -0.39 is 64.5 Å². The first kappa shape index (κ1) is 27.7. The largest absolute Gasteiger partial charge is 0.460 e. The number of imide groups is 1. The molecule has 1 rings (SSSR count). The average molecular weight is 515 g/mol. The first-order chi connectivity index (χ1) is 13.7. The Bertz CT molecular complexity index is 806. The molecule has 1 aliphatic rings. The molecule has 0 radical (unpaired) electrons. The molecule has 1 aliphatic heterocycles. The van der Waals surface area contributed by atoms with Crippen LogP contribution in [0.1, 0.15) is 0 Å². The third kappa shape index (κ3) is 3.11. The van der Waals surface area contributed by atoms with E-state index in [-0.39, 0.29) is 12.2 Å². The van der Waals surface area contributed by atoms with E-state index >= 15 is 0 Å². The third-order valence-electron chi connectivity index (χ3n) is 3.80. The number of hydrogen-bond acceptors (Lipinski definition) is 2. The summed E-state index contributed by atoms with van der Waals surface area (Å²) >= 11 is 0. The molecule has 0 N–H and O–H groups in total. The molecule has 0 aliphatic carbocycles. The van der Waals surface area contributed by atoms with Gasteiger partial charge < -0.3 is 0 Å². The van der Waals surface area contributed by atoms with Crippen LogP contribution in [-0.4, -0.2) is 64.5 Å². The van der Waals surface area contributed by atoms with E-state index in [0.717, 1.165) is 0 Å². The van der Waals surface area contributed by atoms with E-state index in [0.29, 0.717) is 0 Å². The first-order valence-electron chi connectivity index (χ1n) is 6.95. The number of halogens is 17. The quantitative estimate of drug-likeness (QED) is 0.276. The van der Waals surface area contributed by atoms with Crippen molar-refractivity contribution >= 4 is 11.8 Å². The number of carbonyl (C=O) groups excluding carboxylic acids is 2. The highest BCUT2D eigenvalue weighted by Gasteiger charge is 2.95. The topological polar surface area (TPSA) is 37.4 Å². The van der Waals surface area contributed by atoms with Gasteiger partial charge in [-0.25, -0.2) is 4.90 Å². The summed E-state index contributed by atoms with van der Waals surface area (Å²) in [5, 5.41) is 0. The fourth-order valence-corrected chi connectivity index (χ4v) is 1.97. The van der Waals surface area contributed by atoms with E-state index in [2.05, 4.69) is 0 Å². The lowest BCUT2D eigenvalue weighted by molar-refractivity contribution is -0.465. The second-order valence-corrected chi connectivity index (χ2v) is 5.83. The van der Waals surface area contributed by atoms with E-state index in [4.69, 9.17) is 0 Å². The Balaban J connectivity index is 3.69. The molecule has 0 fully saturated rings. The average Bonchev–Trinajstić information content (AvgIpc) is 2.91. The van der Waals surface area contributed by atoms with Crippen LogP contribution in [0.15, 0.2) is 12.2 Å². The monoisotopic (exact) mass is 515 g/mol. The molecule has 0 aromatic carbocycles. The number of nitrogens with zero attached hydrogens (tertiary/aromatic N) is 1. The first-order valence-corrected chi connectivity index (χ1v) is 6.95. The summed E-state index contributed by atoms with van der Waals surface area (Å²) in [5.74, 6) is -56.4. The van der Waals surface area contributed by atoms with Gasteiger partial charge in [-0.05, 0) is 0 Å². The van der Waals surface area contributed by atoms with Gasteiger partial charge in [0.2, 0.25) is 0 Å². The second-order valence-electron chi connectivity index (χ2n) is 5.83. The standard InChI is InChI=1S/C12H2F17NO2/c13-5(14,7(17,18)9(21,22)11(25,26)27)6(15,16)8(19,20)10(23,24)12(28,29)30-3(31)1-2-4(30)32/h1-2H. The van der Waals surface area contributed by atoms with Crippen molar-refractivity contribution in [3.63, 3.8) is 0 Å². The number of carbonyl (C=O) groups is 2. The Morgan fingerprint density at radius 2 is 0.688 bits per heavy atom. The van der Waals surface area contributed by atoms with Crippen LogP contribution in [0.5, 0.6) is 0 Å². The predicted molar refractivity (Wildman–Crippen MR) is 61.7 cm³/mol. The Morgan fingerprint density at radius 3 is 0.969 bits per heavy atom. The van der Waals surface area contributed by atoms with Crippen molar-refractivity contribution in [2.75, 3.05) is 0 Å². The smallest absolute Gasteiger partial charge is 0.269 e. The highest BCUT2D eigenvalue weighted by Crippen LogP contribution is 2.64. The van der Waals surface area contributed by atoms with Crippen molar-refractivity contribution in [2.24, 2.45) is 0 Å². The van der Waals surface area contributed by atoms with Gasteiger partial charge in [-0.3, -0.25) is 9.59 Å². The van der Waals surface area contributed by atoms with Gasteiger partial charge >= 0.3 is 47.8 Å². The molecule has 2 amide bonds. The molecule has 20 heteroatoms. The minimum absolute atomic E-state index is 0.338. The van der Waals surface area contributed by atoms with Crippen LogP contribution < -0.4 is 0 Å². The van der Waals surface area contributed by atoms with Gasteiger partial charge in [0.25, 0.3) is 11.8 Å². The van der Waals surface area contributed by atoms with Gasteiger partial charge in [0.15, 0.2) is 0 Å². The fraction of sp³-hybridized carbons (Fsp3) is 0.667. The lowest BCUT2D eigenvalue weighted by Crippen LogP contribution is -2.76. The van der Waals surface area contributed by atoms with Crippen LogP contribution in [0.2, 0.25) is 0 Å². The third-order valence-corrected chi connectivity index (χ3v) is 3.80. The summed E-state index contributed by atoms with van der Waals surface area (Å²) in [7, 11) is 0. The summed E-state index contributed by atoms with van der Waals surface area (Å²) in [4.78, 5) is 19.7. The van der Waals surface area contributed by atoms with Gasteiger partial charge in [-0.1, -0.05) is 0 Å². The molecule has 0 aromatic heterocycles. The van der Waals surface area contributed by atoms with Crippen LogP contribution in [0.4, 0.5) is 74.6 Å². The van der Waals surface area contributed by atoms with E-state index in [1.54, 1.807) is 0 Å². The van der Waals surface area contributed by atoms with Crippen molar-refractivity contribution in [3.05, 3.63) is 12.2 Å². The van der Waals surface area contributed by atoms with Crippen molar-refractivity contribution in [1.29, 1.82) is 0 Å². The minimum atomic E-state index is -8.78. The van der Waals surface area contributed by atoms with Gasteiger partial charge in [0, 0.05) is 12.2 Å². The molecule has 0 saturated heterocycles. The summed E-state index contributed by atoms with van der Waals surface area (Å²) < 4.78 is 222. The predicted octanol–water partition coefficient (Wildman–Crippen LogP) is 4.88. The van der Waals surface area contributed by atoms with E-state index in [1.807, 2.05) is 0 Å². The lowest BCUT2D eigenvalue weighted by atomic mass is 9.90. The maximum absolute atomic E-state index is 13.7. The maximum atomic E-state index is 13.7. The maximum Gasteiger partial charge on any atom is 0.460 e. The molecule has 0 unspecified atom stereocenters. The van der Waals surface area contributed by atoms with Crippen LogP contribution in [0.3, 0.4) is 0 Å². The van der Waals surface area contributed by atoms with E-state index in [9.17, 15) is 84.2 Å². The molecule has 1 heterocycles. The zero-order valence-electron chi connectivity index (χ0n) is 13.8. The van der Waals surface area contributed by atoms with Gasteiger partial charge in [0.05, 0.1) is 0 Å².